The highest BCUT2D eigenvalue weighted by Crippen LogP contribution is 2.15. The van der Waals surface area contributed by atoms with Crippen LogP contribution in [0.4, 0.5) is 0 Å². The van der Waals surface area contributed by atoms with E-state index in [1.165, 1.54) is 11.0 Å². The first-order chi connectivity index (χ1) is 8.81. The van der Waals surface area contributed by atoms with Crippen LogP contribution >= 0.6 is 12.2 Å². The third kappa shape index (κ3) is 2.81. The molecule has 1 heterocycles. The fourth-order valence-electron chi connectivity index (χ4n) is 1.28. The maximum atomic E-state index is 8.50. The standard InChI is InChI=1S/C11H9N5OS/c12-5-6-17-10-4-2-1-3-9(10)7-14-16-8-13-15-11(16)18/h1-4,7-8H,6H2,(H,15,18)/b14-7-. The van der Waals surface area contributed by atoms with Crippen molar-refractivity contribution < 1.29 is 4.74 Å². The number of aromatic nitrogens is 3. The Hall–Kier alpha value is -2.46. The lowest BCUT2D eigenvalue weighted by molar-refractivity contribution is 0.367. The number of rotatable bonds is 4. The van der Waals surface area contributed by atoms with Crippen LogP contribution in [0.5, 0.6) is 5.75 Å². The molecule has 0 aliphatic carbocycles. The van der Waals surface area contributed by atoms with Gasteiger partial charge in [-0.2, -0.15) is 20.1 Å². The van der Waals surface area contributed by atoms with Gasteiger partial charge in [0.1, 0.15) is 18.1 Å². The molecule has 0 amide bonds. The lowest BCUT2D eigenvalue weighted by atomic mass is 10.2. The molecule has 6 nitrogen and oxygen atoms in total. The molecule has 1 aromatic carbocycles. The molecule has 18 heavy (non-hydrogen) atoms. The highest BCUT2D eigenvalue weighted by molar-refractivity contribution is 7.71. The van der Waals surface area contributed by atoms with Crippen molar-refractivity contribution in [2.75, 3.05) is 6.61 Å². The third-order valence-electron chi connectivity index (χ3n) is 2.07. The summed E-state index contributed by atoms with van der Waals surface area (Å²) >= 11 is 4.96. The van der Waals surface area contributed by atoms with Crippen LogP contribution in [-0.2, 0) is 0 Å². The number of nitrogens with zero attached hydrogens (tertiary/aromatic N) is 4. The van der Waals surface area contributed by atoms with E-state index in [2.05, 4.69) is 15.3 Å². The Morgan fingerprint density at radius 2 is 2.39 bits per heavy atom. The Balaban J connectivity index is 2.24. The Kier molecular flexibility index (Phi) is 3.83. The number of hydrogen-bond donors (Lipinski definition) is 1. The van der Waals surface area contributed by atoms with Gasteiger partial charge in [0.25, 0.3) is 0 Å². The molecule has 0 aliphatic rings. The zero-order valence-corrected chi connectivity index (χ0v) is 10.1. The van der Waals surface area contributed by atoms with E-state index in [0.29, 0.717) is 10.5 Å². The monoisotopic (exact) mass is 259 g/mol. The van der Waals surface area contributed by atoms with Crippen molar-refractivity contribution in [3.8, 4) is 11.8 Å². The van der Waals surface area contributed by atoms with Crippen LogP contribution in [0, 0.1) is 16.1 Å². The van der Waals surface area contributed by atoms with Gasteiger partial charge in [-0.3, -0.25) is 5.10 Å². The van der Waals surface area contributed by atoms with Crippen LogP contribution in [0.25, 0.3) is 0 Å². The number of H-pyrrole nitrogens is 1. The van der Waals surface area contributed by atoms with Crippen LogP contribution in [0.2, 0.25) is 0 Å². The number of nitriles is 1. The minimum absolute atomic E-state index is 0.00397. The van der Waals surface area contributed by atoms with Gasteiger partial charge in [0.05, 0.1) is 6.21 Å². The molecule has 2 aromatic rings. The van der Waals surface area contributed by atoms with E-state index in [4.69, 9.17) is 22.2 Å². The summed E-state index contributed by atoms with van der Waals surface area (Å²) in [5, 5.41) is 19.0. The van der Waals surface area contributed by atoms with Crippen LogP contribution in [-0.4, -0.2) is 27.7 Å². The molecule has 7 heteroatoms. The van der Waals surface area contributed by atoms with Crippen LogP contribution < -0.4 is 4.74 Å². The maximum Gasteiger partial charge on any atom is 0.216 e. The minimum Gasteiger partial charge on any atom is -0.478 e. The second-order valence-electron chi connectivity index (χ2n) is 3.24. The first-order valence-electron chi connectivity index (χ1n) is 5.06. The van der Waals surface area contributed by atoms with Crippen molar-refractivity contribution in [3.05, 3.63) is 40.9 Å². The Labute approximate surface area is 108 Å². The van der Waals surface area contributed by atoms with Gasteiger partial charge in [-0.15, -0.1) is 0 Å². The molecular formula is C11H9N5OS. The van der Waals surface area contributed by atoms with Crippen molar-refractivity contribution in [1.82, 2.24) is 14.9 Å². The van der Waals surface area contributed by atoms with E-state index in [1.807, 2.05) is 24.3 Å². The second kappa shape index (κ2) is 5.75. The average molecular weight is 259 g/mol. The predicted octanol–water partition coefficient (Wildman–Crippen LogP) is 1.73. The van der Waals surface area contributed by atoms with Gasteiger partial charge in [0.15, 0.2) is 6.61 Å². The van der Waals surface area contributed by atoms with Crippen molar-refractivity contribution in [1.29, 1.82) is 5.26 Å². The van der Waals surface area contributed by atoms with Gasteiger partial charge < -0.3 is 4.74 Å². The van der Waals surface area contributed by atoms with Gasteiger partial charge in [0.2, 0.25) is 4.77 Å². The van der Waals surface area contributed by atoms with Crippen molar-refractivity contribution in [2.24, 2.45) is 5.10 Å². The summed E-state index contributed by atoms with van der Waals surface area (Å²) in [5.74, 6) is 0.595. The summed E-state index contributed by atoms with van der Waals surface area (Å²) in [6.45, 7) is -0.00397. The number of nitrogens with one attached hydrogen (secondary N) is 1. The first kappa shape index (κ1) is 12.0. The lowest BCUT2D eigenvalue weighted by Crippen LogP contribution is -1.98. The topological polar surface area (TPSA) is 79.0 Å². The van der Waals surface area contributed by atoms with Gasteiger partial charge in [-0.25, -0.2) is 0 Å². The second-order valence-corrected chi connectivity index (χ2v) is 3.62. The van der Waals surface area contributed by atoms with Crippen LogP contribution in [0.3, 0.4) is 0 Å². The number of benzene rings is 1. The van der Waals surface area contributed by atoms with Crippen LogP contribution in [0.1, 0.15) is 5.56 Å². The van der Waals surface area contributed by atoms with E-state index in [1.54, 1.807) is 12.3 Å². The highest BCUT2D eigenvalue weighted by atomic mass is 32.1. The molecule has 90 valence electrons. The smallest absolute Gasteiger partial charge is 0.216 e. The molecule has 0 fully saturated rings. The van der Waals surface area contributed by atoms with Gasteiger partial charge in [0, 0.05) is 5.56 Å². The quantitative estimate of drug-likeness (QED) is 0.669. The molecule has 2 rings (SSSR count). The predicted molar refractivity (Wildman–Crippen MR) is 68.0 cm³/mol. The largest absolute Gasteiger partial charge is 0.478 e. The van der Waals surface area contributed by atoms with E-state index in [-0.39, 0.29) is 6.61 Å². The molecule has 0 unspecified atom stereocenters. The van der Waals surface area contributed by atoms with Crippen LogP contribution in [0.15, 0.2) is 35.7 Å². The maximum absolute atomic E-state index is 8.50. The highest BCUT2D eigenvalue weighted by Gasteiger charge is 1.99. The van der Waals surface area contributed by atoms with E-state index >= 15 is 0 Å². The summed E-state index contributed by atoms with van der Waals surface area (Å²) in [7, 11) is 0. The normalized spacial score (nSPS) is 10.4. The van der Waals surface area contributed by atoms with Gasteiger partial charge in [-0.1, -0.05) is 12.1 Å². The molecule has 1 aromatic heterocycles. The zero-order valence-electron chi connectivity index (χ0n) is 9.28. The number of ether oxygens (including phenoxy) is 1. The third-order valence-corrected chi connectivity index (χ3v) is 2.35. The van der Waals surface area contributed by atoms with E-state index in [9.17, 15) is 0 Å². The van der Waals surface area contributed by atoms with Crippen molar-refractivity contribution >= 4 is 18.4 Å². The van der Waals surface area contributed by atoms with E-state index in [0.717, 1.165) is 5.56 Å². The van der Waals surface area contributed by atoms with Crippen molar-refractivity contribution in [3.63, 3.8) is 0 Å². The fraction of sp³-hybridized carbons (Fsp3) is 0.0909. The Morgan fingerprint density at radius 3 is 3.11 bits per heavy atom. The summed E-state index contributed by atoms with van der Waals surface area (Å²) in [4.78, 5) is 0. The van der Waals surface area contributed by atoms with Gasteiger partial charge >= 0.3 is 0 Å². The molecule has 0 aliphatic heterocycles. The molecule has 0 saturated carbocycles. The molecule has 0 radical (unpaired) electrons. The first-order valence-corrected chi connectivity index (χ1v) is 5.47. The van der Waals surface area contributed by atoms with Gasteiger partial charge in [-0.05, 0) is 24.4 Å². The molecule has 0 spiro atoms. The number of hydrogen-bond acceptors (Lipinski definition) is 5. The molecule has 0 bridgehead atoms. The summed E-state index contributed by atoms with van der Waals surface area (Å²) in [6, 6.07) is 9.21. The minimum atomic E-state index is -0.00397. The average Bonchev–Trinajstić information content (AvgIpc) is 2.80. The zero-order chi connectivity index (χ0) is 12.8. The molecule has 0 saturated heterocycles. The molecule has 0 atom stereocenters. The molecule has 1 N–H and O–H groups in total. The summed E-state index contributed by atoms with van der Waals surface area (Å²) in [6.07, 6.45) is 3.07. The number of para-hydroxylation sites is 1. The fourth-order valence-corrected chi connectivity index (χ4v) is 1.42. The van der Waals surface area contributed by atoms with Crippen molar-refractivity contribution in [2.45, 2.75) is 0 Å². The summed E-state index contributed by atoms with van der Waals surface area (Å²) < 4.78 is 7.11. The van der Waals surface area contributed by atoms with E-state index < -0.39 is 0 Å². The summed E-state index contributed by atoms with van der Waals surface area (Å²) in [5.41, 5.74) is 0.760. The lowest BCUT2D eigenvalue weighted by Gasteiger charge is -2.04. The molecular weight excluding hydrogens is 250 g/mol. The SMILES string of the molecule is N#CCOc1ccccc1/C=N\n1cn[nH]c1=S. The Bertz CT molecular complexity index is 652. The Morgan fingerprint density at radius 1 is 1.56 bits per heavy atom. The number of aromatic amines is 1.